The van der Waals surface area contributed by atoms with Crippen molar-refractivity contribution in [2.24, 2.45) is 0 Å². The van der Waals surface area contributed by atoms with Crippen LogP contribution in [0.1, 0.15) is 30.6 Å². The van der Waals surface area contributed by atoms with Crippen LogP contribution in [0.15, 0.2) is 12.1 Å². The first-order valence-electron chi connectivity index (χ1n) is 6.48. The standard InChI is InChI=1S/C14H18F2N2OS/c1-14(2)5-6-18(7-8-20-14)13(19)11-9(15)3-4-10(17)12(11)16/h3-4H,5-8,17H2,1-2H3. The average molecular weight is 300 g/mol. The van der Waals surface area contributed by atoms with E-state index >= 15 is 0 Å². The first-order valence-corrected chi connectivity index (χ1v) is 7.47. The van der Waals surface area contributed by atoms with Crippen molar-refractivity contribution in [1.29, 1.82) is 0 Å². The molecule has 2 N–H and O–H groups in total. The van der Waals surface area contributed by atoms with Gasteiger partial charge in [0.2, 0.25) is 0 Å². The molecule has 1 amide bonds. The van der Waals surface area contributed by atoms with E-state index in [0.29, 0.717) is 13.1 Å². The topological polar surface area (TPSA) is 46.3 Å². The second kappa shape index (κ2) is 5.60. The van der Waals surface area contributed by atoms with E-state index in [4.69, 9.17) is 5.73 Å². The summed E-state index contributed by atoms with van der Waals surface area (Å²) in [5, 5.41) is 0. The van der Waals surface area contributed by atoms with Gasteiger partial charge >= 0.3 is 0 Å². The van der Waals surface area contributed by atoms with Crippen LogP contribution in [0.25, 0.3) is 0 Å². The number of hydrogen-bond donors (Lipinski definition) is 1. The van der Waals surface area contributed by atoms with Crippen LogP contribution in [-0.2, 0) is 0 Å². The third kappa shape index (κ3) is 3.06. The second-order valence-electron chi connectivity index (χ2n) is 5.48. The Balaban J connectivity index is 2.26. The molecule has 0 bridgehead atoms. The highest BCUT2D eigenvalue weighted by Crippen LogP contribution is 2.31. The van der Waals surface area contributed by atoms with Gasteiger partial charge < -0.3 is 10.6 Å². The van der Waals surface area contributed by atoms with Gasteiger partial charge in [-0.15, -0.1) is 0 Å². The number of nitrogen functional groups attached to an aromatic ring is 1. The molecule has 0 radical (unpaired) electrons. The molecule has 0 aliphatic carbocycles. The van der Waals surface area contributed by atoms with Crippen molar-refractivity contribution in [2.75, 3.05) is 24.6 Å². The van der Waals surface area contributed by atoms with Crippen LogP contribution in [0, 0.1) is 11.6 Å². The Hall–Kier alpha value is -1.30. The molecule has 1 aliphatic heterocycles. The van der Waals surface area contributed by atoms with Gasteiger partial charge in [-0.2, -0.15) is 11.8 Å². The van der Waals surface area contributed by atoms with Crippen LogP contribution < -0.4 is 5.73 Å². The summed E-state index contributed by atoms with van der Waals surface area (Å²) in [4.78, 5) is 13.8. The van der Waals surface area contributed by atoms with E-state index in [9.17, 15) is 13.6 Å². The van der Waals surface area contributed by atoms with Gasteiger partial charge in [-0.25, -0.2) is 8.78 Å². The SMILES string of the molecule is CC1(C)CCN(C(=O)c2c(F)ccc(N)c2F)CCS1. The fourth-order valence-electron chi connectivity index (χ4n) is 2.15. The average Bonchev–Trinajstić information content (AvgIpc) is 2.55. The molecule has 1 fully saturated rings. The predicted molar refractivity (Wildman–Crippen MR) is 77.8 cm³/mol. The first-order chi connectivity index (χ1) is 9.32. The van der Waals surface area contributed by atoms with Crippen molar-refractivity contribution in [3.05, 3.63) is 29.3 Å². The Morgan fingerprint density at radius 2 is 2.05 bits per heavy atom. The number of amides is 1. The highest BCUT2D eigenvalue weighted by atomic mass is 32.2. The van der Waals surface area contributed by atoms with E-state index in [1.807, 2.05) is 0 Å². The quantitative estimate of drug-likeness (QED) is 0.811. The molecule has 6 heteroatoms. The molecule has 20 heavy (non-hydrogen) atoms. The van der Waals surface area contributed by atoms with Crippen LogP contribution in [0.4, 0.5) is 14.5 Å². The van der Waals surface area contributed by atoms with Crippen LogP contribution in [-0.4, -0.2) is 34.4 Å². The van der Waals surface area contributed by atoms with Crippen molar-refractivity contribution in [2.45, 2.75) is 25.0 Å². The van der Waals surface area contributed by atoms with Gasteiger partial charge in [0.25, 0.3) is 5.91 Å². The van der Waals surface area contributed by atoms with Crippen molar-refractivity contribution >= 4 is 23.4 Å². The molecule has 0 atom stereocenters. The van der Waals surface area contributed by atoms with Crippen LogP contribution in [0.5, 0.6) is 0 Å². The molecule has 1 aromatic carbocycles. The molecule has 0 aromatic heterocycles. The summed E-state index contributed by atoms with van der Waals surface area (Å²) in [7, 11) is 0. The molecule has 3 nitrogen and oxygen atoms in total. The zero-order valence-electron chi connectivity index (χ0n) is 11.6. The number of thioether (sulfide) groups is 1. The number of rotatable bonds is 1. The normalized spacial score (nSPS) is 18.7. The number of hydrogen-bond acceptors (Lipinski definition) is 3. The lowest BCUT2D eigenvalue weighted by Gasteiger charge is -2.23. The molecule has 2 rings (SSSR count). The summed E-state index contributed by atoms with van der Waals surface area (Å²) in [6.07, 6.45) is 0.787. The molecule has 1 aliphatic rings. The Morgan fingerprint density at radius 3 is 2.75 bits per heavy atom. The summed E-state index contributed by atoms with van der Waals surface area (Å²) in [5.74, 6) is -1.70. The number of carbonyl (C=O) groups excluding carboxylic acids is 1. The molecule has 110 valence electrons. The molecule has 0 spiro atoms. The molecular weight excluding hydrogens is 282 g/mol. The van der Waals surface area contributed by atoms with Gasteiger partial charge in [-0.3, -0.25) is 4.79 Å². The van der Waals surface area contributed by atoms with Gasteiger partial charge in [-0.1, -0.05) is 13.8 Å². The minimum Gasteiger partial charge on any atom is -0.396 e. The van der Waals surface area contributed by atoms with E-state index in [0.717, 1.165) is 24.3 Å². The van der Waals surface area contributed by atoms with E-state index < -0.39 is 23.1 Å². The number of benzene rings is 1. The van der Waals surface area contributed by atoms with Crippen LogP contribution in [0.3, 0.4) is 0 Å². The maximum absolute atomic E-state index is 13.9. The maximum atomic E-state index is 13.9. The second-order valence-corrected chi connectivity index (χ2v) is 7.28. The van der Waals surface area contributed by atoms with Crippen LogP contribution >= 0.6 is 11.8 Å². The fourth-order valence-corrected chi connectivity index (χ4v) is 3.25. The van der Waals surface area contributed by atoms with Crippen LogP contribution in [0.2, 0.25) is 0 Å². The lowest BCUT2D eigenvalue weighted by atomic mass is 10.1. The van der Waals surface area contributed by atoms with Gasteiger partial charge in [0, 0.05) is 23.6 Å². The molecule has 0 unspecified atom stereocenters. The van der Waals surface area contributed by atoms with E-state index in [-0.39, 0.29) is 10.4 Å². The number of nitrogens with zero attached hydrogens (tertiary/aromatic N) is 1. The molecule has 0 saturated carbocycles. The molecule has 1 saturated heterocycles. The minimum absolute atomic E-state index is 0.0713. The lowest BCUT2D eigenvalue weighted by molar-refractivity contribution is 0.0755. The summed E-state index contributed by atoms with van der Waals surface area (Å²) in [6.45, 7) is 5.19. The lowest BCUT2D eigenvalue weighted by Crippen LogP contribution is -2.35. The Bertz CT molecular complexity index is 534. The molecular formula is C14H18F2N2OS. The molecule has 1 heterocycles. The van der Waals surface area contributed by atoms with Gasteiger partial charge in [0.1, 0.15) is 11.4 Å². The first kappa shape index (κ1) is 15.1. The summed E-state index contributed by atoms with van der Waals surface area (Å²) in [5.41, 5.74) is 4.66. The smallest absolute Gasteiger partial charge is 0.259 e. The van der Waals surface area contributed by atoms with E-state index in [1.54, 1.807) is 11.8 Å². The minimum atomic E-state index is -0.967. The van der Waals surface area contributed by atoms with E-state index in [2.05, 4.69) is 13.8 Å². The fraction of sp³-hybridized carbons (Fsp3) is 0.500. The number of halogens is 2. The summed E-state index contributed by atoms with van der Waals surface area (Å²) >= 11 is 1.76. The summed E-state index contributed by atoms with van der Waals surface area (Å²) < 4.78 is 27.7. The monoisotopic (exact) mass is 300 g/mol. The summed E-state index contributed by atoms with van der Waals surface area (Å²) in [6, 6.07) is 2.16. The van der Waals surface area contributed by atoms with Gasteiger partial charge in [0.05, 0.1) is 5.69 Å². The largest absolute Gasteiger partial charge is 0.396 e. The third-order valence-corrected chi connectivity index (χ3v) is 4.83. The Morgan fingerprint density at radius 1 is 1.35 bits per heavy atom. The van der Waals surface area contributed by atoms with Gasteiger partial charge in [0.15, 0.2) is 5.82 Å². The molecule has 1 aromatic rings. The van der Waals surface area contributed by atoms with E-state index in [1.165, 1.54) is 4.90 Å². The van der Waals surface area contributed by atoms with Crippen molar-refractivity contribution < 1.29 is 13.6 Å². The third-order valence-electron chi connectivity index (χ3n) is 3.46. The zero-order valence-corrected chi connectivity index (χ0v) is 12.4. The maximum Gasteiger partial charge on any atom is 0.259 e. The Labute approximate surface area is 121 Å². The number of anilines is 1. The Kier molecular flexibility index (Phi) is 4.22. The highest BCUT2D eigenvalue weighted by Gasteiger charge is 2.29. The number of nitrogens with two attached hydrogens (primary N) is 1. The van der Waals surface area contributed by atoms with Crippen molar-refractivity contribution in [3.8, 4) is 0 Å². The highest BCUT2D eigenvalue weighted by molar-refractivity contribution is 8.00. The van der Waals surface area contributed by atoms with Crippen molar-refractivity contribution in [1.82, 2.24) is 4.90 Å². The zero-order chi connectivity index (χ0) is 14.9. The van der Waals surface area contributed by atoms with Gasteiger partial charge in [-0.05, 0) is 18.6 Å². The number of carbonyl (C=O) groups is 1. The van der Waals surface area contributed by atoms with Crippen molar-refractivity contribution in [3.63, 3.8) is 0 Å². The predicted octanol–water partition coefficient (Wildman–Crippen LogP) is 2.90.